The smallest absolute Gasteiger partial charge is 0.144 e. The summed E-state index contributed by atoms with van der Waals surface area (Å²) in [5, 5.41) is 9.01. The largest absolute Gasteiger partial charge is 0.233 e. The number of hydrogen-bond donors (Lipinski definition) is 0. The van der Waals surface area contributed by atoms with Crippen LogP contribution in [0.5, 0.6) is 0 Å². The van der Waals surface area contributed by atoms with Crippen LogP contribution in [-0.2, 0) is 5.41 Å². The molecule has 20 heavy (non-hydrogen) atoms. The number of nitriles is 1. The van der Waals surface area contributed by atoms with Crippen LogP contribution in [0.25, 0.3) is 11.3 Å². The summed E-state index contributed by atoms with van der Waals surface area (Å²) in [6.07, 6.45) is 0. The van der Waals surface area contributed by atoms with E-state index in [0.29, 0.717) is 11.5 Å². The van der Waals surface area contributed by atoms with E-state index in [1.165, 1.54) is 11.1 Å². The van der Waals surface area contributed by atoms with Crippen LogP contribution in [0.3, 0.4) is 0 Å². The molecule has 1 aromatic carbocycles. The lowest BCUT2D eigenvalue weighted by molar-refractivity contribution is 0.590. The molecule has 0 bridgehead atoms. The molecule has 0 saturated heterocycles. The van der Waals surface area contributed by atoms with Gasteiger partial charge in [-0.1, -0.05) is 39.0 Å². The molecule has 0 saturated carbocycles. The summed E-state index contributed by atoms with van der Waals surface area (Å²) in [4.78, 5) is 8.53. The van der Waals surface area contributed by atoms with E-state index in [0.717, 1.165) is 11.3 Å². The molecule has 3 heteroatoms. The Morgan fingerprint density at radius 1 is 1.05 bits per heavy atom. The van der Waals surface area contributed by atoms with Crippen molar-refractivity contribution in [1.29, 1.82) is 5.26 Å². The van der Waals surface area contributed by atoms with Gasteiger partial charge in [0.05, 0.1) is 5.69 Å². The molecular weight excluding hydrogens is 246 g/mol. The van der Waals surface area contributed by atoms with Crippen molar-refractivity contribution in [2.45, 2.75) is 40.0 Å². The van der Waals surface area contributed by atoms with E-state index in [2.05, 4.69) is 61.9 Å². The summed E-state index contributed by atoms with van der Waals surface area (Å²) in [7, 11) is 0. The van der Waals surface area contributed by atoms with E-state index in [1.807, 2.05) is 6.92 Å². The number of aromatic nitrogens is 2. The molecule has 0 spiro atoms. The zero-order valence-electron chi connectivity index (χ0n) is 12.7. The minimum absolute atomic E-state index is 0.128. The van der Waals surface area contributed by atoms with Gasteiger partial charge in [0, 0.05) is 11.6 Å². The summed E-state index contributed by atoms with van der Waals surface area (Å²) < 4.78 is 0. The predicted octanol–water partition coefficient (Wildman–Crippen LogP) is 3.93. The fourth-order valence-corrected chi connectivity index (χ4v) is 2.18. The highest BCUT2D eigenvalue weighted by molar-refractivity contribution is 5.65. The van der Waals surface area contributed by atoms with Crippen LogP contribution in [0.15, 0.2) is 24.3 Å². The number of benzene rings is 1. The van der Waals surface area contributed by atoms with Crippen molar-refractivity contribution in [3.63, 3.8) is 0 Å². The Hall–Kier alpha value is -2.21. The van der Waals surface area contributed by atoms with Gasteiger partial charge >= 0.3 is 0 Å². The molecule has 0 atom stereocenters. The number of rotatable bonds is 1. The maximum atomic E-state index is 9.01. The molecule has 3 nitrogen and oxygen atoms in total. The lowest BCUT2D eigenvalue weighted by atomic mass is 9.85. The van der Waals surface area contributed by atoms with Gasteiger partial charge in [-0.05, 0) is 30.4 Å². The van der Waals surface area contributed by atoms with Crippen molar-refractivity contribution in [3.05, 3.63) is 46.9 Å². The molecule has 0 unspecified atom stereocenters. The van der Waals surface area contributed by atoms with E-state index >= 15 is 0 Å². The van der Waals surface area contributed by atoms with Gasteiger partial charge in [-0.15, -0.1) is 0 Å². The molecule has 0 fully saturated rings. The van der Waals surface area contributed by atoms with Gasteiger partial charge in [-0.3, -0.25) is 0 Å². The van der Waals surface area contributed by atoms with E-state index in [9.17, 15) is 0 Å². The summed E-state index contributed by atoms with van der Waals surface area (Å²) in [5.74, 6) is 0.623. The van der Waals surface area contributed by atoms with Gasteiger partial charge < -0.3 is 0 Å². The lowest BCUT2D eigenvalue weighted by Crippen LogP contribution is -2.11. The van der Waals surface area contributed by atoms with Crippen LogP contribution in [0, 0.1) is 25.2 Å². The molecule has 0 N–H and O–H groups in total. The molecule has 0 amide bonds. The maximum absolute atomic E-state index is 9.01. The van der Waals surface area contributed by atoms with E-state index in [-0.39, 0.29) is 5.41 Å². The molecule has 0 aliphatic heterocycles. The summed E-state index contributed by atoms with van der Waals surface area (Å²) in [6.45, 7) is 10.5. The van der Waals surface area contributed by atoms with Gasteiger partial charge in [0.2, 0.25) is 0 Å². The minimum Gasteiger partial charge on any atom is -0.233 e. The molecular formula is C17H19N3. The first-order valence-corrected chi connectivity index (χ1v) is 6.68. The number of aryl methyl sites for hydroxylation is 2. The van der Waals surface area contributed by atoms with Crippen molar-refractivity contribution >= 4 is 0 Å². The zero-order chi connectivity index (χ0) is 14.9. The third kappa shape index (κ3) is 2.85. The van der Waals surface area contributed by atoms with Crippen molar-refractivity contribution < 1.29 is 0 Å². The van der Waals surface area contributed by atoms with Crippen molar-refractivity contribution in [2.75, 3.05) is 0 Å². The summed E-state index contributed by atoms with van der Waals surface area (Å²) in [6, 6.07) is 10.2. The van der Waals surface area contributed by atoms with E-state index in [1.54, 1.807) is 6.07 Å². The highest BCUT2D eigenvalue weighted by atomic mass is 14.9. The molecule has 1 heterocycles. The average Bonchev–Trinajstić information content (AvgIpc) is 2.36. The second-order valence-corrected chi connectivity index (χ2v) is 6.08. The monoisotopic (exact) mass is 265 g/mol. The lowest BCUT2D eigenvalue weighted by Gasteiger charge is -2.20. The number of nitrogens with zero attached hydrogens (tertiary/aromatic N) is 3. The third-order valence-corrected chi connectivity index (χ3v) is 3.32. The Morgan fingerprint density at radius 3 is 2.30 bits per heavy atom. The van der Waals surface area contributed by atoms with Crippen LogP contribution in [0.1, 0.15) is 43.4 Å². The van der Waals surface area contributed by atoms with Crippen LogP contribution >= 0.6 is 0 Å². The standard InChI is InChI=1S/C17H19N3/c1-11-8-13(17(3,4)5)6-7-15(11)16-9-14(10-18)19-12(2)20-16/h6-9H,1-5H3. The molecule has 0 radical (unpaired) electrons. The third-order valence-electron chi connectivity index (χ3n) is 3.32. The normalized spacial score (nSPS) is 11.2. The van der Waals surface area contributed by atoms with Crippen molar-refractivity contribution in [2.24, 2.45) is 0 Å². The second kappa shape index (κ2) is 5.05. The van der Waals surface area contributed by atoms with Gasteiger partial charge in [-0.25, -0.2) is 9.97 Å². The zero-order valence-corrected chi connectivity index (χ0v) is 12.7. The maximum Gasteiger partial charge on any atom is 0.144 e. The van der Waals surface area contributed by atoms with Gasteiger partial charge in [0.1, 0.15) is 17.6 Å². The molecule has 2 rings (SSSR count). The topological polar surface area (TPSA) is 49.6 Å². The summed E-state index contributed by atoms with van der Waals surface area (Å²) in [5.41, 5.74) is 4.87. The first kappa shape index (κ1) is 14.2. The Morgan fingerprint density at radius 2 is 1.75 bits per heavy atom. The summed E-state index contributed by atoms with van der Waals surface area (Å²) >= 11 is 0. The fourth-order valence-electron chi connectivity index (χ4n) is 2.18. The van der Waals surface area contributed by atoms with Crippen LogP contribution in [-0.4, -0.2) is 9.97 Å². The molecule has 2 aromatic rings. The van der Waals surface area contributed by atoms with E-state index in [4.69, 9.17) is 5.26 Å². The second-order valence-electron chi connectivity index (χ2n) is 6.08. The molecule has 1 aromatic heterocycles. The van der Waals surface area contributed by atoms with E-state index < -0.39 is 0 Å². The fraction of sp³-hybridized carbons (Fsp3) is 0.353. The van der Waals surface area contributed by atoms with Crippen molar-refractivity contribution in [1.82, 2.24) is 9.97 Å². The SMILES string of the molecule is Cc1nc(C#N)cc(-c2ccc(C(C)(C)C)cc2C)n1. The minimum atomic E-state index is 0.128. The van der Waals surface area contributed by atoms with Crippen molar-refractivity contribution in [3.8, 4) is 17.3 Å². The molecule has 0 aliphatic rings. The Kier molecular flexibility index (Phi) is 3.59. The highest BCUT2D eigenvalue weighted by Crippen LogP contribution is 2.28. The molecule has 102 valence electrons. The van der Waals surface area contributed by atoms with Gasteiger partial charge in [0.25, 0.3) is 0 Å². The quantitative estimate of drug-likeness (QED) is 0.785. The average molecular weight is 265 g/mol. The molecule has 0 aliphatic carbocycles. The Balaban J connectivity index is 2.55. The Bertz CT molecular complexity index is 688. The van der Waals surface area contributed by atoms with Crippen LogP contribution < -0.4 is 0 Å². The first-order chi connectivity index (χ1) is 9.31. The highest BCUT2D eigenvalue weighted by Gasteiger charge is 2.15. The first-order valence-electron chi connectivity index (χ1n) is 6.68. The van der Waals surface area contributed by atoms with Crippen LogP contribution in [0.2, 0.25) is 0 Å². The predicted molar refractivity (Wildman–Crippen MR) is 80.4 cm³/mol. The van der Waals surface area contributed by atoms with Crippen LogP contribution in [0.4, 0.5) is 0 Å². The van der Waals surface area contributed by atoms with Gasteiger partial charge in [0.15, 0.2) is 0 Å². The van der Waals surface area contributed by atoms with Gasteiger partial charge in [-0.2, -0.15) is 5.26 Å². The Labute approximate surface area is 120 Å². The number of hydrogen-bond acceptors (Lipinski definition) is 3.